The minimum Gasteiger partial charge on any atom is -0.505 e. The zero-order valence-corrected chi connectivity index (χ0v) is 15.6. The molecule has 0 saturated carbocycles. The maximum absolute atomic E-state index is 12.9. The second-order valence-corrected chi connectivity index (χ2v) is 6.41. The number of benzene rings is 1. The van der Waals surface area contributed by atoms with E-state index in [0.717, 1.165) is 10.7 Å². The molecule has 0 bridgehead atoms. The van der Waals surface area contributed by atoms with Crippen molar-refractivity contribution in [1.29, 1.82) is 0 Å². The van der Waals surface area contributed by atoms with Gasteiger partial charge in [0.05, 0.1) is 20.1 Å². The van der Waals surface area contributed by atoms with Gasteiger partial charge in [-0.05, 0) is 25.0 Å². The highest BCUT2D eigenvalue weighted by Gasteiger charge is 2.31. The normalized spacial score (nSPS) is 16.5. The first-order chi connectivity index (χ1) is 13.5. The van der Waals surface area contributed by atoms with Crippen molar-refractivity contribution in [2.75, 3.05) is 27.3 Å². The Kier molecular flexibility index (Phi) is 5.62. The Balaban J connectivity index is 1.97. The van der Waals surface area contributed by atoms with E-state index in [-0.39, 0.29) is 18.2 Å². The van der Waals surface area contributed by atoms with Gasteiger partial charge >= 0.3 is 5.97 Å². The summed E-state index contributed by atoms with van der Waals surface area (Å²) in [4.78, 5) is 38.5. The molecule has 3 rings (SSSR count). The third-order valence-electron chi connectivity index (χ3n) is 4.67. The van der Waals surface area contributed by atoms with Gasteiger partial charge in [0.25, 0.3) is 11.5 Å². The number of aromatic nitrogens is 2. The summed E-state index contributed by atoms with van der Waals surface area (Å²) in [5.74, 6) is -1.49. The van der Waals surface area contributed by atoms with Crippen molar-refractivity contribution in [3.63, 3.8) is 0 Å². The van der Waals surface area contributed by atoms with Crippen molar-refractivity contribution in [3.8, 4) is 17.2 Å². The molecule has 1 aliphatic heterocycles. The van der Waals surface area contributed by atoms with Gasteiger partial charge in [0.1, 0.15) is 11.4 Å². The smallest absolute Gasteiger partial charge is 0.310 e. The molecule has 1 saturated heterocycles. The second-order valence-electron chi connectivity index (χ2n) is 6.41. The summed E-state index contributed by atoms with van der Waals surface area (Å²) in [6, 6.07) is 7.65. The highest BCUT2D eigenvalue weighted by Crippen LogP contribution is 2.24. The minimum absolute atomic E-state index is 0.167. The molecular weight excluding hydrogens is 366 g/mol. The molecule has 1 aromatic carbocycles. The number of amides is 1. The third-order valence-corrected chi connectivity index (χ3v) is 4.67. The van der Waals surface area contributed by atoms with E-state index in [4.69, 9.17) is 9.47 Å². The number of hydrogen-bond donors (Lipinski definition) is 1. The van der Waals surface area contributed by atoms with Crippen LogP contribution in [0.1, 0.15) is 23.3 Å². The maximum Gasteiger partial charge on any atom is 0.310 e. The van der Waals surface area contributed by atoms with Gasteiger partial charge in [-0.3, -0.25) is 14.4 Å². The number of aromatic hydroxyl groups is 1. The molecule has 1 aliphatic rings. The maximum atomic E-state index is 12.9. The van der Waals surface area contributed by atoms with Crippen LogP contribution in [0, 0.1) is 5.92 Å². The summed E-state index contributed by atoms with van der Waals surface area (Å²) in [5, 5.41) is 14.2. The van der Waals surface area contributed by atoms with Gasteiger partial charge in [-0.15, -0.1) is 0 Å². The molecule has 9 heteroatoms. The van der Waals surface area contributed by atoms with Crippen LogP contribution in [-0.2, 0) is 9.53 Å². The van der Waals surface area contributed by atoms with Crippen LogP contribution in [0.2, 0.25) is 0 Å². The van der Waals surface area contributed by atoms with Gasteiger partial charge in [0.2, 0.25) is 0 Å². The van der Waals surface area contributed by atoms with E-state index in [1.165, 1.54) is 19.1 Å². The van der Waals surface area contributed by atoms with Gasteiger partial charge < -0.3 is 19.5 Å². The van der Waals surface area contributed by atoms with Gasteiger partial charge in [0.15, 0.2) is 11.4 Å². The van der Waals surface area contributed by atoms with E-state index < -0.39 is 23.1 Å². The predicted molar refractivity (Wildman–Crippen MR) is 98.7 cm³/mol. The zero-order chi connectivity index (χ0) is 20.3. The predicted octanol–water partition coefficient (Wildman–Crippen LogP) is 0.972. The minimum atomic E-state index is -0.607. The summed E-state index contributed by atoms with van der Waals surface area (Å²) >= 11 is 0. The molecule has 2 aromatic rings. The van der Waals surface area contributed by atoms with E-state index in [9.17, 15) is 19.5 Å². The second kappa shape index (κ2) is 8.12. The molecule has 0 radical (unpaired) electrons. The largest absolute Gasteiger partial charge is 0.505 e. The molecule has 0 spiro atoms. The number of hydrogen-bond acceptors (Lipinski definition) is 7. The fraction of sp³-hybridized carbons (Fsp3) is 0.368. The number of carbonyl (C=O) groups excluding carboxylic acids is 2. The van der Waals surface area contributed by atoms with E-state index >= 15 is 0 Å². The zero-order valence-electron chi connectivity index (χ0n) is 15.6. The first-order valence-electron chi connectivity index (χ1n) is 8.80. The number of methoxy groups -OCH3 is 2. The quantitative estimate of drug-likeness (QED) is 0.778. The molecule has 9 nitrogen and oxygen atoms in total. The van der Waals surface area contributed by atoms with Gasteiger partial charge in [-0.1, -0.05) is 12.1 Å². The number of rotatable bonds is 4. The van der Waals surface area contributed by atoms with Gasteiger partial charge in [-0.25, -0.2) is 0 Å². The first-order valence-corrected chi connectivity index (χ1v) is 8.80. The molecule has 2 heterocycles. The van der Waals surface area contributed by atoms with Crippen molar-refractivity contribution in [1.82, 2.24) is 14.7 Å². The van der Waals surface area contributed by atoms with Crippen LogP contribution in [0.15, 0.2) is 35.1 Å². The van der Waals surface area contributed by atoms with Crippen molar-refractivity contribution in [2.24, 2.45) is 5.92 Å². The Morgan fingerprint density at radius 1 is 1.25 bits per heavy atom. The molecule has 28 heavy (non-hydrogen) atoms. The highest BCUT2D eigenvalue weighted by atomic mass is 16.5. The lowest BCUT2D eigenvalue weighted by atomic mass is 9.98. The van der Waals surface area contributed by atoms with E-state index in [2.05, 4.69) is 5.10 Å². The number of carbonyl (C=O) groups is 2. The topological polar surface area (TPSA) is 111 Å². The average molecular weight is 387 g/mol. The summed E-state index contributed by atoms with van der Waals surface area (Å²) in [6.45, 7) is 0.585. The van der Waals surface area contributed by atoms with Crippen molar-refractivity contribution >= 4 is 11.9 Å². The highest BCUT2D eigenvalue weighted by molar-refractivity contribution is 5.95. The molecular formula is C19H21N3O6. The van der Waals surface area contributed by atoms with Crippen LogP contribution in [0.3, 0.4) is 0 Å². The molecule has 0 aliphatic carbocycles. The Labute approximate surface area is 161 Å². The van der Waals surface area contributed by atoms with Crippen LogP contribution >= 0.6 is 0 Å². The van der Waals surface area contributed by atoms with Gasteiger partial charge in [-0.2, -0.15) is 9.78 Å². The Morgan fingerprint density at radius 2 is 2.00 bits per heavy atom. The number of piperidine rings is 1. The van der Waals surface area contributed by atoms with Crippen LogP contribution in [0.5, 0.6) is 11.5 Å². The standard InChI is InChI=1S/C19H21N3O6/c1-27-15-8-4-3-7-13(15)22-16(24)10-14(23)17(20-22)18(25)21-9-5-6-12(11-21)19(26)28-2/h3-4,7-8,10,12,23H,5-6,9,11H2,1-2H3. The van der Waals surface area contributed by atoms with Crippen LogP contribution < -0.4 is 10.3 Å². The monoisotopic (exact) mass is 387 g/mol. The van der Waals surface area contributed by atoms with Crippen LogP contribution in [0.25, 0.3) is 5.69 Å². The van der Waals surface area contributed by atoms with E-state index in [0.29, 0.717) is 30.8 Å². The first kappa shape index (κ1) is 19.4. The lowest BCUT2D eigenvalue weighted by Gasteiger charge is -2.31. The summed E-state index contributed by atoms with van der Waals surface area (Å²) in [6.07, 6.45) is 1.25. The lowest BCUT2D eigenvalue weighted by molar-refractivity contribution is -0.146. The van der Waals surface area contributed by atoms with Crippen LogP contribution in [-0.4, -0.2) is 59.0 Å². The molecule has 148 valence electrons. The Hall–Kier alpha value is -3.36. The van der Waals surface area contributed by atoms with Crippen molar-refractivity contribution in [2.45, 2.75) is 12.8 Å². The number of nitrogens with zero attached hydrogens (tertiary/aromatic N) is 3. The number of likely N-dealkylation sites (tertiary alicyclic amines) is 1. The summed E-state index contributed by atoms with van der Waals surface area (Å²) in [5.41, 5.74) is -0.532. The van der Waals surface area contributed by atoms with E-state index in [1.54, 1.807) is 24.3 Å². The fourth-order valence-corrected chi connectivity index (χ4v) is 3.25. The Morgan fingerprint density at radius 3 is 2.71 bits per heavy atom. The number of esters is 1. The molecule has 1 fully saturated rings. The number of para-hydroxylation sites is 2. The number of ether oxygens (including phenoxy) is 2. The molecule has 1 amide bonds. The SMILES string of the molecule is COC(=O)C1CCCN(C(=O)c2nn(-c3ccccc3OC)c(=O)cc2O)C1. The molecule has 1 atom stereocenters. The van der Waals surface area contributed by atoms with E-state index in [1.807, 2.05) is 0 Å². The lowest BCUT2D eigenvalue weighted by Crippen LogP contribution is -2.43. The fourth-order valence-electron chi connectivity index (χ4n) is 3.25. The third kappa shape index (κ3) is 3.68. The summed E-state index contributed by atoms with van der Waals surface area (Å²) < 4.78 is 11.0. The Bertz CT molecular complexity index is 955. The molecule has 1 unspecified atom stereocenters. The molecule has 1 aromatic heterocycles. The van der Waals surface area contributed by atoms with Crippen molar-refractivity contribution < 1.29 is 24.2 Å². The van der Waals surface area contributed by atoms with Gasteiger partial charge in [0, 0.05) is 19.2 Å². The average Bonchev–Trinajstić information content (AvgIpc) is 2.73. The molecule has 1 N–H and O–H groups in total. The van der Waals surface area contributed by atoms with Crippen LogP contribution in [0.4, 0.5) is 0 Å². The van der Waals surface area contributed by atoms with Crippen molar-refractivity contribution in [3.05, 3.63) is 46.4 Å². The summed E-state index contributed by atoms with van der Waals surface area (Å²) in [7, 11) is 2.76.